The topological polar surface area (TPSA) is 55.1 Å². The zero-order chi connectivity index (χ0) is 18.1. The third-order valence-electron chi connectivity index (χ3n) is 3.73. The highest BCUT2D eigenvalue weighted by molar-refractivity contribution is 14.1. The van der Waals surface area contributed by atoms with E-state index in [2.05, 4.69) is 33.1 Å². The van der Waals surface area contributed by atoms with Gasteiger partial charge in [-0.05, 0) is 72.3 Å². The molecule has 0 saturated carbocycles. The number of carbonyl (C=O) groups excluding carboxylic acids is 1. The number of aryl methyl sites for hydroxylation is 2. The van der Waals surface area contributed by atoms with Crippen molar-refractivity contribution in [2.45, 2.75) is 13.8 Å². The molecule has 128 valence electrons. The maximum Gasteiger partial charge on any atom is 0.261 e. The first-order valence-electron chi connectivity index (χ1n) is 7.36. The predicted molar refractivity (Wildman–Crippen MR) is 109 cm³/mol. The summed E-state index contributed by atoms with van der Waals surface area (Å²) in [6.07, 6.45) is 0. The minimum Gasteiger partial charge on any atom is -0.360 e. The molecule has 1 amide bonds. The molecule has 0 fully saturated rings. The van der Waals surface area contributed by atoms with Gasteiger partial charge in [0, 0.05) is 14.8 Å². The van der Waals surface area contributed by atoms with Crippen LogP contribution >= 0.6 is 45.8 Å². The zero-order valence-electron chi connectivity index (χ0n) is 13.4. The van der Waals surface area contributed by atoms with E-state index in [0.29, 0.717) is 32.6 Å². The molecule has 2 aromatic carbocycles. The van der Waals surface area contributed by atoms with E-state index in [9.17, 15) is 4.79 Å². The Bertz CT molecular complexity index is 949. The van der Waals surface area contributed by atoms with Crippen LogP contribution in [0.25, 0.3) is 11.3 Å². The molecular weight excluding hydrogens is 474 g/mol. The highest BCUT2D eigenvalue weighted by atomic mass is 127. The van der Waals surface area contributed by atoms with Crippen LogP contribution in [0.15, 0.2) is 40.9 Å². The van der Waals surface area contributed by atoms with Gasteiger partial charge in [-0.2, -0.15) is 0 Å². The summed E-state index contributed by atoms with van der Waals surface area (Å²) < 4.78 is 6.33. The molecule has 0 radical (unpaired) electrons. The second kappa shape index (κ2) is 7.35. The summed E-state index contributed by atoms with van der Waals surface area (Å²) in [7, 11) is 0. The van der Waals surface area contributed by atoms with Crippen LogP contribution in [0.1, 0.15) is 21.7 Å². The van der Waals surface area contributed by atoms with Crippen LogP contribution in [-0.4, -0.2) is 11.1 Å². The Morgan fingerprint density at radius 3 is 2.48 bits per heavy atom. The molecule has 3 rings (SSSR count). The van der Waals surface area contributed by atoms with Crippen LogP contribution in [0.3, 0.4) is 0 Å². The SMILES string of the molecule is Cc1cc(I)ccc1NC(=O)c1c(-c2c(Cl)cccc2Cl)noc1C. The first-order chi connectivity index (χ1) is 11.9. The van der Waals surface area contributed by atoms with Crippen LogP contribution in [0.4, 0.5) is 5.69 Å². The number of halogens is 3. The molecule has 1 N–H and O–H groups in total. The lowest BCUT2D eigenvalue weighted by atomic mass is 10.0. The first kappa shape index (κ1) is 18.2. The fraction of sp³-hybridized carbons (Fsp3) is 0.111. The van der Waals surface area contributed by atoms with E-state index in [-0.39, 0.29) is 5.91 Å². The molecule has 0 aliphatic rings. The molecule has 0 bridgehead atoms. The van der Waals surface area contributed by atoms with E-state index < -0.39 is 0 Å². The third kappa shape index (κ3) is 3.68. The smallest absolute Gasteiger partial charge is 0.261 e. The molecule has 1 heterocycles. The molecule has 0 aliphatic heterocycles. The molecule has 0 aliphatic carbocycles. The molecule has 0 spiro atoms. The number of benzene rings is 2. The third-order valence-corrected chi connectivity index (χ3v) is 5.03. The lowest BCUT2D eigenvalue weighted by molar-refractivity contribution is 0.102. The molecule has 0 saturated heterocycles. The number of aromatic nitrogens is 1. The van der Waals surface area contributed by atoms with E-state index in [1.807, 2.05) is 25.1 Å². The van der Waals surface area contributed by atoms with Crippen molar-refractivity contribution in [2.75, 3.05) is 5.32 Å². The Morgan fingerprint density at radius 2 is 1.84 bits per heavy atom. The minimum absolute atomic E-state index is 0.313. The van der Waals surface area contributed by atoms with Crippen LogP contribution in [0.2, 0.25) is 10.0 Å². The van der Waals surface area contributed by atoms with Crippen molar-refractivity contribution < 1.29 is 9.32 Å². The molecule has 7 heteroatoms. The number of nitrogens with zero attached hydrogens (tertiary/aromatic N) is 1. The molecule has 1 aromatic heterocycles. The van der Waals surface area contributed by atoms with E-state index in [4.69, 9.17) is 27.7 Å². The van der Waals surface area contributed by atoms with Crippen molar-refractivity contribution in [1.29, 1.82) is 0 Å². The maximum absolute atomic E-state index is 12.9. The standard InChI is InChI=1S/C18H13Cl2IN2O2/c1-9-8-11(21)6-7-14(9)22-18(24)15-10(2)25-23-17(15)16-12(19)4-3-5-13(16)20/h3-8H,1-2H3,(H,22,24). The normalized spacial score (nSPS) is 10.8. The fourth-order valence-electron chi connectivity index (χ4n) is 2.49. The Kier molecular flexibility index (Phi) is 5.36. The Morgan fingerprint density at radius 1 is 1.16 bits per heavy atom. The van der Waals surface area contributed by atoms with Gasteiger partial charge in [-0.15, -0.1) is 0 Å². The van der Waals surface area contributed by atoms with Crippen molar-refractivity contribution in [3.05, 3.63) is 66.9 Å². The number of rotatable bonds is 3. The van der Waals surface area contributed by atoms with Crippen LogP contribution in [0.5, 0.6) is 0 Å². The second-order valence-electron chi connectivity index (χ2n) is 5.47. The highest BCUT2D eigenvalue weighted by Gasteiger charge is 2.25. The van der Waals surface area contributed by atoms with Gasteiger partial charge >= 0.3 is 0 Å². The monoisotopic (exact) mass is 486 g/mol. The van der Waals surface area contributed by atoms with Gasteiger partial charge in [0.25, 0.3) is 5.91 Å². The minimum atomic E-state index is -0.325. The zero-order valence-corrected chi connectivity index (χ0v) is 17.0. The molecule has 25 heavy (non-hydrogen) atoms. The van der Waals surface area contributed by atoms with Crippen molar-refractivity contribution >= 4 is 57.4 Å². The summed E-state index contributed by atoms with van der Waals surface area (Å²) in [5.74, 6) is 0.0701. The van der Waals surface area contributed by atoms with Crippen molar-refractivity contribution in [3.8, 4) is 11.3 Å². The van der Waals surface area contributed by atoms with Crippen molar-refractivity contribution in [1.82, 2.24) is 5.16 Å². The second-order valence-corrected chi connectivity index (χ2v) is 7.53. The lowest BCUT2D eigenvalue weighted by Crippen LogP contribution is -2.14. The molecule has 0 atom stereocenters. The number of hydrogen-bond donors (Lipinski definition) is 1. The summed E-state index contributed by atoms with van der Waals surface area (Å²) in [6, 6.07) is 10.9. The Hall–Kier alpha value is -1.57. The van der Waals surface area contributed by atoms with Gasteiger partial charge in [0.1, 0.15) is 17.0 Å². The van der Waals surface area contributed by atoms with Gasteiger partial charge < -0.3 is 9.84 Å². The number of carbonyl (C=O) groups is 1. The molecule has 4 nitrogen and oxygen atoms in total. The molecular formula is C18H13Cl2IN2O2. The average molecular weight is 487 g/mol. The summed E-state index contributed by atoms with van der Waals surface area (Å²) in [5, 5.41) is 7.71. The van der Waals surface area contributed by atoms with Gasteiger partial charge in [-0.3, -0.25) is 4.79 Å². The Balaban J connectivity index is 2.03. The van der Waals surface area contributed by atoms with E-state index in [1.54, 1.807) is 25.1 Å². The number of hydrogen-bond acceptors (Lipinski definition) is 3. The largest absolute Gasteiger partial charge is 0.360 e. The highest BCUT2D eigenvalue weighted by Crippen LogP contribution is 2.37. The van der Waals surface area contributed by atoms with Crippen LogP contribution in [0, 0.1) is 17.4 Å². The lowest BCUT2D eigenvalue weighted by Gasteiger charge is -2.10. The first-order valence-corrected chi connectivity index (χ1v) is 9.20. The van der Waals surface area contributed by atoms with E-state index in [1.165, 1.54) is 0 Å². The van der Waals surface area contributed by atoms with Gasteiger partial charge in [-0.25, -0.2) is 0 Å². The van der Waals surface area contributed by atoms with Crippen molar-refractivity contribution in [2.24, 2.45) is 0 Å². The van der Waals surface area contributed by atoms with Gasteiger partial charge in [0.15, 0.2) is 0 Å². The van der Waals surface area contributed by atoms with Crippen molar-refractivity contribution in [3.63, 3.8) is 0 Å². The predicted octanol–water partition coefficient (Wildman–Crippen LogP) is 6.12. The summed E-state index contributed by atoms with van der Waals surface area (Å²) >= 11 is 14.7. The summed E-state index contributed by atoms with van der Waals surface area (Å²) in [6.45, 7) is 3.61. The average Bonchev–Trinajstić information content (AvgIpc) is 2.91. The van der Waals surface area contributed by atoms with Gasteiger partial charge in [-0.1, -0.05) is 34.4 Å². The number of nitrogens with one attached hydrogen (secondary N) is 1. The summed E-state index contributed by atoms with van der Waals surface area (Å²) in [4.78, 5) is 12.9. The van der Waals surface area contributed by atoms with E-state index >= 15 is 0 Å². The maximum atomic E-state index is 12.9. The summed E-state index contributed by atoms with van der Waals surface area (Å²) in [5.41, 5.74) is 2.81. The van der Waals surface area contributed by atoms with Gasteiger partial charge in [0.05, 0.1) is 10.0 Å². The Labute approximate surface area is 168 Å². The molecule has 0 unspecified atom stereocenters. The number of amides is 1. The number of anilines is 1. The van der Waals surface area contributed by atoms with Crippen LogP contribution < -0.4 is 5.32 Å². The fourth-order valence-corrected chi connectivity index (χ4v) is 3.71. The van der Waals surface area contributed by atoms with Gasteiger partial charge in [0.2, 0.25) is 0 Å². The van der Waals surface area contributed by atoms with Crippen LogP contribution in [-0.2, 0) is 0 Å². The molecule has 3 aromatic rings. The quantitative estimate of drug-likeness (QED) is 0.453. The van der Waals surface area contributed by atoms with E-state index in [0.717, 1.165) is 14.8 Å².